The lowest BCUT2D eigenvalue weighted by Crippen LogP contribution is -2.66. The molecule has 7 heteroatoms. The number of rotatable bonds is 5. The second kappa shape index (κ2) is 8.43. The zero-order valence-corrected chi connectivity index (χ0v) is 18.0. The molecule has 3 amide bonds. The summed E-state index contributed by atoms with van der Waals surface area (Å²) in [6.45, 7) is 6.01. The highest BCUT2D eigenvalue weighted by molar-refractivity contribution is 5.80. The van der Waals surface area contributed by atoms with Gasteiger partial charge in [0.25, 0.3) is 0 Å². The third kappa shape index (κ3) is 4.56. The molecule has 31 heavy (non-hydrogen) atoms. The Balaban J connectivity index is 1.61. The van der Waals surface area contributed by atoms with Gasteiger partial charge in [0.1, 0.15) is 18.4 Å². The van der Waals surface area contributed by atoms with Crippen molar-refractivity contribution in [3.8, 4) is 0 Å². The highest BCUT2D eigenvalue weighted by atomic mass is 16.7. The summed E-state index contributed by atoms with van der Waals surface area (Å²) in [5.41, 5.74) is 1.23. The molecule has 2 aromatic rings. The van der Waals surface area contributed by atoms with Gasteiger partial charge >= 0.3 is 12.1 Å². The molecule has 0 aromatic heterocycles. The Morgan fingerprint density at radius 3 is 2.10 bits per heavy atom. The summed E-state index contributed by atoms with van der Waals surface area (Å²) in [5.74, 6) is 0. The van der Waals surface area contributed by atoms with Gasteiger partial charge in [0.2, 0.25) is 0 Å². The first-order chi connectivity index (χ1) is 14.8. The largest absolute Gasteiger partial charge is 0.444 e. The molecule has 0 aliphatic carbocycles. The molecule has 1 saturated heterocycles. The number of hydrogen-bond donors (Lipinski definition) is 0. The van der Waals surface area contributed by atoms with Crippen LogP contribution in [0.25, 0.3) is 0 Å². The molecule has 0 spiro atoms. The van der Waals surface area contributed by atoms with E-state index in [1.54, 1.807) is 9.80 Å². The number of carbonyl (C=O) groups is 2. The second-order valence-electron chi connectivity index (χ2n) is 8.58. The maximum atomic E-state index is 13.4. The van der Waals surface area contributed by atoms with Crippen LogP contribution in [0.1, 0.15) is 31.9 Å². The molecule has 0 N–H and O–H groups in total. The Bertz CT molecular complexity index is 956. The number of urea groups is 1. The third-order valence-electron chi connectivity index (χ3n) is 5.03. The average molecular weight is 421 g/mol. The van der Waals surface area contributed by atoms with Crippen molar-refractivity contribution in [3.05, 3.63) is 83.9 Å². The Labute approximate surface area is 182 Å². The molecule has 2 aliphatic rings. The predicted octanol–water partition coefficient (Wildman–Crippen LogP) is 4.52. The van der Waals surface area contributed by atoms with Gasteiger partial charge in [-0.1, -0.05) is 60.7 Å². The van der Waals surface area contributed by atoms with Crippen LogP contribution in [0.15, 0.2) is 72.8 Å². The minimum Gasteiger partial charge on any atom is -0.444 e. The van der Waals surface area contributed by atoms with Crippen molar-refractivity contribution in [2.75, 3.05) is 0 Å². The third-order valence-corrected chi connectivity index (χ3v) is 5.03. The standard InChI is InChI=1S/C24H27N3O4/c1-24(2,3)31-23(29)26-20-14-15-21(26)27(30-17-19-12-8-5-9-13-19)22(28)25(20)16-18-10-6-4-7-11-18/h4-15,20-21H,16-17H2,1-3H3/t20-,21+/m1/s1. The predicted molar refractivity (Wildman–Crippen MR) is 115 cm³/mol. The summed E-state index contributed by atoms with van der Waals surface area (Å²) in [5, 5.41) is 1.26. The van der Waals surface area contributed by atoms with Crippen LogP contribution in [0.4, 0.5) is 9.59 Å². The lowest BCUT2D eigenvalue weighted by atomic mass is 10.2. The van der Waals surface area contributed by atoms with Gasteiger partial charge in [0.15, 0.2) is 6.17 Å². The number of benzene rings is 2. The lowest BCUT2D eigenvalue weighted by Gasteiger charge is -2.46. The number of amides is 3. The monoisotopic (exact) mass is 421 g/mol. The lowest BCUT2D eigenvalue weighted by molar-refractivity contribution is -0.203. The molecule has 1 fully saturated rings. The fourth-order valence-electron chi connectivity index (χ4n) is 3.66. The van der Waals surface area contributed by atoms with Crippen LogP contribution in [0.3, 0.4) is 0 Å². The quantitative estimate of drug-likeness (QED) is 0.666. The molecular formula is C24H27N3O4. The van der Waals surface area contributed by atoms with Gasteiger partial charge in [-0.15, -0.1) is 0 Å². The van der Waals surface area contributed by atoms with Gasteiger partial charge in [-0.3, -0.25) is 14.6 Å². The number of ether oxygens (including phenoxy) is 1. The molecule has 2 aromatic carbocycles. The first-order valence-corrected chi connectivity index (χ1v) is 10.3. The van der Waals surface area contributed by atoms with E-state index in [1.807, 2.05) is 93.6 Å². The van der Waals surface area contributed by atoms with E-state index in [2.05, 4.69) is 0 Å². The molecule has 162 valence electrons. The van der Waals surface area contributed by atoms with E-state index >= 15 is 0 Å². The van der Waals surface area contributed by atoms with Gasteiger partial charge in [-0.2, -0.15) is 5.06 Å². The molecule has 2 heterocycles. The van der Waals surface area contributed by atoms with E-state index in [9.17, 15) is 9.59 Å². The van der Waals surface area contributed by atoms with E-state index in [-0.39, 0.29) is 12.6 Å². The van der Waals surface area contributed by atoms with Crippen molar-refractivity contribution < 1.29 is 19.2 Å². The van der Waals surface area contributed by atoms with Gasteiger partial charge in [0, 0.05) is 6.54 Å². The zero-order valence-electron chi connectivity index (χ0n) is 18.0. The van der Waals surface area contributed by atoms with Crippen molar-refractivity contribution in [2.24, 2.45) is 0 Å². The summed E-state index contributed by atoms with van der Waals surface area (Å²) in [7, 11) is 0. The highest BCUT2D eigenvalue weighted by Crippen LogP contribution is 2.33. The van der Waals surface area contributed by atoms with Crippen LogP contribution in [0, 0.1) is 0 Å². The maximum Gasteiger partial charge on any atom is 0.414 e. The summed E-state index contributed by atoms with van der Waals surface area (Å²) in [6, 6.07) is 19.0. The molecule has 7 nitrogen and oxygen atoms in total. The number of fused-ring (bicyclic) bond motifs is 2. The van der Waals surface area contributed by atoms with Crippen LogP contribution < -0.4 is 0 Å². The Morgan fingerprint density at radius 1 is 0.903 bits per heavy atom. The van der Waals surface area contributed by atoms with Crippen LogP contribution in [0.5, 0.6) is 0 Å². The molecule has 2 bridgehead atoms. The van der Waals surface area contributed by atoms with Crippen LogP contribution in [-0.2, 0) is 22.7 Å². The number of carbonyl (C=O) groups excluding carboxylic acids is 2. The van der Waals surface area contributed by atoms with E-state index in [4.69, 9.17) is 9.57 Å². The summed E-state index contributed by atoms with van der Waals surface area (Å²) < 4.78 is 5.63. The Kier molecular flexibility index (Phi) is 5.69. The molecule has 2 aliphatic heterocycles. The summed E-state index contributed by atoms with van der Waals surface area (Å²) in [4.78, 5) is 35.5. The van der Waals surface area contributed by atoms with Crippen LogP contribution in [0.2, 0.25) is 0 Å². The van der Waals surface area contributed by atoms with Gasteiger partial charge in [0.05, 0.1) is 0 Å². The SMILES string of the molecule is CC(C)(C)OC(=O)N1[C@@H]2C=C[C@@H]1N(OCc1ccccc1)C(=O)N2Cc1ccccc1. The molecule has 0 unspecified atom stereocenters. The smallest absolute Gasteiger partial charge is 0.414 e. The van der Waals surface area contributed by atoms with Gasteiger partial charge < -0.3 is 4.74 Å². The number of hydroxylamine groups is 2. The van der Waals surface area contributed by atoms with Gasteiger partial charge in [-0.25, -0.2) is 9.59 Å². The average Bonchev–Trinajstić information content (AvgIpc) is 3.12. The Morgan fingerprint density at radius 2 is 1.48 bits per heavy atom. The molecule has 2 atom stereocenters. The van der Waals surface area contributed by atoms with Crippen molar-refractivity contribution in [2.45, 2.75) is 51.9 Å². The minimum atomic E-state index is -0.664. The topological polar surface area (TPSA) is 62.3 Å². The van der Waals surface area contributed by atoms with E-state index in [0.717, 1.165) is 11.1 Å². The fourth-order valence-corrected chi connectivity index (χ4v) is 3.66. The van der Waals surface area contributed by atoms with Crippen molar-refractivity contribution in [3.63, 3.8) is 0 Å². The fraction of sp³-hybridized carbons (Fsp3) is 0.333. The van der Waals surface area contributed by atoms with E-state index in [1.165, 1.54) is 5.06 Å². The van der Waals surface area contributed by atoms with Crippen LogP contribution >= 0.6 is 0 Å². The summed E-state index contributed by atoms with van der Waals surface area (Å²) >= 11 is 0. The zero-order chi connectivity index (χ0) is 22.0. The first-order valence-electron chi connectivity index (χ1n) is 10.3. The molecular weight excluding hydrogens is 394 g/mol. The molecule has 4 rings (SSSR count). The van der Waals surface area contributed by atoms with Crippen LogP contribution in [-0.4, -0.2) is 44.9 Å². The van der Waals surface area contributed by atoms with E-state index < -0.39 is 24.0 Å². The minimum absolute atomic E-state index is 0.211. The highest BCUT2D eigenvalue weighted by Gasteiger charge is 2.50. The first kappa shape index (κ1) is 20.9. The number of hydrogen-bond acceptors (Lipinski definition) is 4. The maximum absolute atomic E-state index is 13.4. The molecule has 0 radical (unpaired) electrons. The van der Waals surface area contributed by atoms with Crippen molar-refractivity contribution in [1.82, 2.24) is 14.9 Å². The van der Waals surface area contributed by atoms with Gasteiger partial charge in [-0.05, 0) is 44.1 Å². The summed E-state index contributed by atoms with van der Waals surface area (Å²) in [6.07, 6.45) is 1.96. The molecule has 0 saturated carbocycles. The van der Waals surface area contributed by atoms with Crippen molar-refractivity contribution >= 4 is 12.1 Å². The van der Waals surface area contributed by atoms with Crippen molar-refractivity contribution in [1.29, 1.82) is 0 Å². The second-order valence-corrected chi connectivity index (χ2v) is 8.58. The number of nitrogens with zero attached hydrogens (tertiary/aromatic N) is 3. The normalized spacial score (nSPS) is 20.4. The van der Waals surface area contributed by atoms with E-state index in [0.29, 0.717) is 6.54 Å². The Hall–Kier alpha value is -3.32.